The van der Waals surface area contributed by atoms with Crippen LogP contribution in [0.4, 0.5) is 5.69 Å². The van der Waals surface area contributed by atoms with Crippen LogP contribution in [0, 0.1) is 0 Å². The van der Waals surface area contributed by atoms with Gasteiger partial charge >= 0.3 is 5.97 Å². The molecular weight excluding hydrogens is 382 g/mol. The van der Waals surface area contributed by atoms with Crippen molar-refractivity contribution in [1.82, 2.24) is 0 Å². The second-order valence-corrected chi connectivity index (χ2v) is 8.53. The number of ether oxygens (including phenoxy) is 2. The molecule has 0 atom stereocenters. The van der Waals surface area contributed by atoms with Crippen LogP contribution < -0.4 is 10.1 Å². The zero-order valence-corrected chi connectivity index (χ0v) is 16.3. The number of carbonyl (C=O) groups excluding carboxylic acids is 2. The van der Waals surface area contributed by atoms with E-state index >= 15 is 0 Å². The molecule has 1 aliphatic rings. The van der Waals surface area contributed by atoms with E-state index in [4.69, 9.17) is 9.47 Å². The van der Waals surface area contributed by atoms with E-state index < -0.39 is 28.3 Å². The molecule has 8 heteroatoms. The molecule has 1 aliphatic carbocycles. The van der Waals surface area contributed by atoms with Crippen LogP contribution in [0.2, 0.25) is 0 Å². The third-order valence-electron chi connectivity index (χ3n) is 4.35. The fraction of sp³-hybridized carbons (Fsp3) is 0.300. The Morgan fingerprint density at radius 3 is 2.57 bits per heavy atom. The van der Waals surface area contributed by atoms with Gasteiger partial charge in [0.2, 0.25) is 0 Å². The number of fused-ring (bicyclic) bond motifs is 1. The molecule has 28 heavy (non-hydrogen) atoms. The van der Waals surface area contributed by atoms with E-state index in [1.54, 1.807) is 12.1 Å². The van der Waals surface area contributed by atoms with E-state index in [0.717, 1.165) is 25.5 Å². The maximum absolute atomic E-state index is 12.0. The van der Waals surface area contributed by atoms with E-state index in [2.05, 4.69) is 5.32 Å². The van der Waals surface area contributed by atoms with Crippen molar-refractivity contribution in [2.75, 3.05) is 24.8 Å². The monoisotopic (exact) mass is 403 g/mol. The average Bonchev–Trinajstić information content (AvgIpc) is 3.12. The Balaban J connectivity index is 1.48. The number of nitrogens with one attached hydrogen (secondary N) is 1. The van der Waals surface area contributed by atoms with Gasteiger partial charge in [0.1, 0.15) is 5.75 Å². The van der Waals surface area contributed by atoms with Crippen LogP contribution in [-0.2, 0) is 37.0 Å². The van der Waals surface area contributed by atoms with Gasteiger partial charge in [-0.1, -0.05) is 18.2 Å². The Kier molecular flexibility index (Phi) is 5.99. The highest BCUT2D eigenvalue weighted by molar-refractivity contribution is 7.90. The molecule has 0 fully saturated rings. The maximum Gasteiger partial charge on any atom is 0.344 e. The second kappa shape index (κ2) is 8.43. The smallest absolute Gasteiger partial charge is 0.344 e. The first kappa shape index (κ1) is 19.9. The molecule has 1 N–H and O–H groups in total. The molecule has 0 saturated heterocycles. The third kappa shape index (κ3) is 5.10. The Hall–Kier alpha value is -2.87. The largest absolute Gasteiger partial charge is 0.482 e. The van der Waals surface area contributed by atoms with Crippen molar-refractivity contribution < 1.29 is 27.5 Å². The quantitative estimate of drug-likeness (QED) is 0.711. The minimum Gasteiger partial charge on any atom is -0.482 e. The number of anilines is 1. The molecule has 3 rings (SSSR count). The normalized spacial score (nSPS) is 12.9. The van der Waals surface area contributed by atoms with Crippen molar-refractivity contribution in [1.29, 1.82) is 0 Å². The number of esters is 1. The van der Waals surface area contributed by atoms with Gasteiger partial charge in [0.05, 0.1) is 10.6 Å². The highest BCUT2D eigenvalue weighted by Gasteiger charge is 2.16. The number of sulfone groups is 1. The predicted octanol–water partition coefficient (Wildman–Crippen LogP) is 2.14. The van der Waals surface area contributed by atoms with Gasteiger partial charge in [-0.15, -0.1) is 0 Å². The summed E-state index contributed by atoms with van der Waals surface area (Å²) in [5.41, 5.74) is 2.68. The van der Waals surface area contributed by atoms with Gasteiger partial charge in [0.15, 0.2) is 23.1 Å². The van der Waals surface area contributed by atoms with Crippen LogP contribution in [0.5, 0.6) is 5.75 Å². The number of hydrogen-bond acceptors (Lipinski definition) is 6. The second-order valence-electron chi connectivity index (χ2n) is 6.55. The van der Waals surface area contributed by atoms with E-state index in [1.165, 1.54) is 23.3 Å². The number of carbonyl (C=O) groups is 2. The van der Waals surface area contributed by atoms with E-state index in [1.807, 2.05) is 18.2 Å². The predicted molar refractivity (Wildman–Crippen MR) is 103 cm³/mol. The molecule has 0 radical (unpaired) electrons. The summed E-state index contributed by atoms with van der Waals surface area (Å²) in [6.45, 7) is -0.851. The summed E-state index contributed by atoms with van der Waals surface area (Å²) in [6.07, 6.45) is 4.24. The lowest BCUT2D eigenvalue weighted by molar-refractivity contribution is -0.149. The van der Waals surface area contributed by atoms with Gasteiger partial charge in [-0.05, 0) is 54.7 Å². The zero-order chi connectivity index (χ0) is 20.1. The number of rotatable bonds is 7. The molecule has 0 aliphatic heterocycles. The average molecular weight is 403 g/mol. The van der Waals surface area contributed by atoms with Gasteiger partial charge < -0.3 is 14.8 Å². The summed E-state index contributed by atoms with van der Waals surface area (Å²) < 4.78 is 33.8. The number of amides is 1. The molecule has 2 aromatic carbocycles. The Morgan fingerprint density at radius 1 is 1.04 bits per heavy atom. The Labute approximate surface area is 163 Å². The van der Waals surface area contributed by atoms with Crippen LogP contribution in [-0.4, -0.2) is 39.8 Å². The molecule has 148 valence electrons. The van der Waals surface area contributed by atoms with Crippen LogP contribution >= 0.6 is 0 Å². The molecule has 2 aromatic rings. The lowest BCUT2D eigenvalue weighted by Crippen LogP contribution is -2.24. The molecule has 0 heterocycles. The molecule has 0 bridgehead atoms. The molecule has 0 saturated carbocycles. The number of hydrogen-bond donors (Lipinski definition) is 1. The van der Waals surface area contributed by atoms with Crippen molar-refractivity contribution in [2.45, 2.75) is 24.2 Å². The van der Waals surface area contributed by atoms with Crippen LogP contribution in [0.1, 0.15) is 17.5 Å². The van der Waals surface area contributed by atoms with Crippen molar-refractivity contribution in [2.24, 2.45) is 0 Å². The minimum atomic E-state index is -3.50. The lowest BCUT2D eigenvalue weighted by Gasteiger charge is -2.11. The highest BCUT2D eigenvalue weighted by Crippen LogP contribution is 2.26. The Morgan fingerprint density at radius 2 is 1.79 bits per heavy atom. The summed E-state index contributed by atoms with van der Waals surface area (Å²) in [5.74, 6) is -0.738. The topological polar surface area (TPSA) is 98.8 Å². The van der Waals surface area contributed by atoms with Crippen molar-refractivity contribution in [3.63, 3.8) is 0 Å². The molecule has 1 amide bonds. The van der Waals surface area contributed by atoms with E-state index in [0.29, 0.717) is 5.75 Å². The zero-order valence-electron chi connectivity index (χ0n) is 15.4. The van der Waals surface area contributed by atoms with Crippen molar-refractivity contribution in [3.8, 4) is 5.75 Å². The van der Waals surface area contributed by atoms with Gasteiger partial charge in [-0.3, -0.25) is 4.79 Å². The minimum absolute atomic E-state index is 0.00498. The number of benzene rings is 2. The highest BCUT2D eigenvalue weighted by atomic mass is 32.2. The number of para-hydroxylation sites is 1. The Bertz CT molecular complexity index is 1000. The fourth-order valence-electron chi connectivity index (χ4n) is 3.05. The number of aryl methyl sites for hydroxylation is 2. The van der Waals surface area contributed by atoms with Crippen LogP contribution in [0.3, 0.4) is 0 Å². The van der Waals surface area contributed by atoms with Crippen molar-refractivity contribution in [3.05, 3.63) is 53.6 Å². The van der Waals surface area contributed by atoms with Gasteiger partial charge in [-0.25, -0.2) is 13.2 Å². The first-order valence-electron chi connectivity index (χ1n) is 8.82. The molecule has 7 nitrogen and oxygen atoms in total. The summed E-state index contributed by atoms with van der Waals surface area (Å²) >= 11 is 0. The lowest BCUT2D eigenvalue weighted by atomic mass is 10.1. The van der Waals surface area contributed by atoms with Gasteiger partial charge in [-0.2, -0.15) is 0 Å². The van der Waals surface area contributed by atoms with E-state index in [9.17, 15) is 18.0 Å². The molecule has 0 spiro atoms. The van der Waals surface area contributed by atoms with Crippen molar-refractivity contribution >= 4 is 27.4 Å². The van der Waals surface area contributed by atoms with Crippen LogP contribution in [0.25, 0.3) is 0 Å². The SMILES string of the molecule is CS(=O)(=O)c1ccccc1NC(=O)COC(=O)COc1ccc2c(c1)CCC2. The molecule has 0 aromatic heterocycles. The summed E-state index contributed by atoms with van der Waals surface area (Å²) in [7, 11) is -3.50. The third-order valence-corrected chi connectivity index (χ3v) is 5.51. The van der Waals surface area contributed by atoms with E-state index in [-0.39, 0.29) is 17.2 Å². The first-order chi connectivity index (χ1) is 13.3. The molecule has 0 unspecified atom stereocenters. The fourth-order valence-corrected chi connectivity index (χ4v) is 3.89. The first-order valence-corrected chi connectivity index (χ1v) is 10.7. The van der Waals surface area contributed by atoms with Crippen LogP contribution in [0.15, 0.2) is 47.4 Å². The maximum atomic E-state index is 12.0. The standard InChI is InChI=1S/C20H21NO6S/c1-28(24,25)18-8-3-2-7-17(18)21-19(22)12-27-20(23)13-26-16-10-9-14-5-4-6-15(14)11-16/h2-3,7-11H,4-6,12-13H2,1H3,(H,21,22). The summed E-state index contributed by atoms with van der Waals surface area (Å²) in [6, 6.07) is 11.7. The van der Waals surface area contributed by atoms with Gasteiger partial charge in [0, 0.05) is 6.26 Å². The van der Waals surface area contributed by atoms with Gasteiger partial charge in [0.25, 0.3) is 5.91 Å². The molecular formula is C20H21NO6S. The summed E-state index contributed by atoms with van der Waals surface area (Å²) in [5, 5.41) is 2.44. The summed E-state index contributed by atoms with van der Waals surface area (Å²) in [4.78, 5) is 23.8.